The summed E-state index contributed by atoms with van der Waals surface area (Å²) in [6, 6.07) is 0. The van der Waals surface area contributed by atoms with Crippen LogP contribution in [-0.4, -0.2) is 10.2 Å². The van der Waals surface area contributed by atoms with Crippen LogP contribution in [0.4, 0.5) is 0 Å². The summed E-state index contributed by atoms with van der Waals surface area (Å²) in [5.74, 6) is 0. The smallest absolute Gasteiger partial charge is 0.356 e. The number of rotatable bonds is 0. The molecule has 60 valence electrons. The van der Waals surface area contributed by atoms with Crippen LogP contribution in [0, 0.1) is 30.6 Å². The topological polar surface area (TPSA) is 163 Å². The summed E-state index contributed by atoms with van der Waals surface area (Å²) < 4.78 is 0. The summed E-state index contributed by atoms with van der Waals surface area (Å²) in [4.78, 5) is 16.5. The van der Waals surface area contributed by atoms with E-state index in [1.54, 1.807) is 0 Å². The maximum Gasteiger partial charge on any atom is 2.00 e. The molecule has 0 unspecified atom stereocenters. The molecule has 0 aromatic carbocycles. The number of hydrogen-bond donors (Lipinski definition) is 0. The van der Waals surface area contributed by atoms with Crippen LogP contribution in [0.25, 0.3) is 0 Å². The molecule has 0 aliphatic heterocycles. The number of hydrogen-bond acceptors (Lipinski definition) is 6. The van der Waals surface area contributed by atoms with Crippen LogP contribution < -0.4 is 6.15 Å². The van der Waals surface area contributed by atoms with Crippen molar-refractivity contribution in [1.29, 1.82) is 0 Å². The fraction of sp³-hybridized carbons (Fsp3) is 0. The molecule has 0 atom stereocenters. The van der Waals surface area contributed by atoms with Crippen LogP contribution in [-0.2, 0) is 16.8 Å². The Balaban J connectivity index is -0.0000000300. The molecule has 0 aliphatic carbocycles. The van der Waals surface area contributed by atoms with Gasteiger partial charge in [-0.05, 0) is 0 Å². The van der Waals surface area contributed by atoms with Crippen molar-refractivity contribution < 1.29 is 27.0 Å². The van der Waals surface area contributed by atoms with E-state index in [0.29, 0.717) is 0 Å². The van der Waals surface area contributed by atoms with Crippen LogP contribution >= 0.6 is 0 Å². The molecule has 10 heteroatoms. The minimum absolute atomic E-state index is 0. The largest absolute Gasteiger partial charge is 2.00 e. The van der Waals surface area contributed by atoms with Crippen LogP contribution in [0.5, 0.6) is 0 Å². The van der Waals surface area contributed by atoms with Gasteiger partial charge in [0, 0.05) is 6.15 Å². The van der Waals surface area contributed by atoms with Gasteiger partial charge in [0.05, 0.1) is 10.2 Å². The molecule has 9 nitrogen and oxygen atoms in total. The van der Waals surface area contributed by atoms with E-state index in [1.165, 1.54) is 0 Å². The molecular weight excluding hydrogens is 197 g/mol. The molecule has 0 saturated carbocycles. The first kappa shape index (κ1) is 23.2. The normalized spacial score (nSPS) is 4.80. The average molecular weight is 197 g/mol. The van der Waals surface area contributed by atoms with Gasteiger partial charge in [0.15, 0.2) is 0 Å². The van der Waals surface area contributed by atoms with Crippen LogP contribution in [0.1, 0.15) is 0 Å². The van der Waals surface area contributed by atoms with Gasteiger partial charge in [0.1, 0.15) is 0 Å². The maximum atomic E-state index is 8.25. The van der Waals surface area contributed by atoms with Crippen LogP contribution in [0.2, 0.25) is 0 Å². The Bertz CT molecular complexity index is 71.0. The van der Waals surface area contributed by atoms with Crippen LogP contribution in [0.3, 0.4) is 0 Å². The van der Waals surface area contributed by atoms with Gasteiger partial charge in [-0.25, -0.2) is 0 Å². The standard InChI is InChI=1S/Co.2NO3.N/c;2*2-1(3)4;/q+2;2*-1;. The molecule has 0 aliphatic rings. The molecule has 0 aromatic rings. The van der Waals surface area contributed by atoms with Crippen molar-refractivity contribution in [3.05, 3.63) is 30.6 Å². The molecule has 0 bridgehead atoms. The Morgan fingerprint density at radius 1 is 0.800 bits per heavy atom. The van der Waals surface area contributed by atoms with Crippen molar-refractivity contribution in [2.24, 2.45) is 0 Å². The van der Waals surface area contributed by atoms with Gasteiger partial charge < -0.3 is 30.6 Å². The third kappa shape index (κ3) is 184. The van der Waals surface area contributed by atoms with E-state index in [1.807, 2.05) is 0 Å². The molecule has 0 rings (SSSR count). The molecule has 0 fully saturated rings. The van der Waals surface area contributed by atoms with Crippen molar-refractivity contribution in [2.75, 3.05) is 0 Å². The van der Waals surface area contributed by atoms with E-state index < -0.39 is 10.2 Å². The zero-order valence-electron chi connectivity index (χ0n) is 4.12. The fourth-order valence-corrected chi connectivity index (χ4v) is 0. The van der Waals surface area contributed by atoms with E-state index in [-0.39, 0.29) is 22.9 Å². The Kier molecular flexibility index (Phi) is 36.3. The van der Waals surface area contributed by atoms with E-state index in [9.17, 15) is 0 Å². The molecule has 0 heterocycles. The predicted octanol–water partition coefficient (Wildman–Crippen LogP) is -0.961. The van der Waals surface area contributed by atoms with Gasteiger partial charge in [0.25, 0.3) is 0 Å². The Morgan fingerprint density at radius 3 is 0.800 bits per heavy atom. The van der Waals surface area contributed by atoms with Crippen molar-refractivity contribution >= 4 is 0 Å². The SMILES string of the molecule is O=[N+]([O-])[O-].O=[N+]([O-])[O-].[Co+2].[N]. The molecule has 10 heavy (non-hydrogen) atoms. The van der Waals surface area contributed by atoms with Crippen molar-refractivity contribution in [2.45, 2.75) is 0 Å². The Morgan fingerprint density at radius 2 is 0.800 bits per heavy atom. The molecule has 0 aromatic heterocycles. The van der Waals surface area contributed by atoms with Gasteiger partial charge in [-0.3, -0.25) is 0 Å². The third-order valence-electron chi connectivity index (χ3n) is 0. The fourth-order valence-electron chi connectivity index (χ4n) is 0. The maximum absolute atomic E-state index is 8.25. The summed E-state index contributed by atoms with van der Waals surface area (Å²) in [7, 11) is 0. The first-order valence-corrected chi connectivity index (χ1v) is 1.10. The quantitative estimate of drug-likeness (QED) is 0.358. The average Bonchev–Trinajstić information content (AvgIpc) is 1.25. The minimum atomic E-state index is -1.75. The first-order valence-electron chi connectivity index (χ1n) is 1.10. The second kappa shape index (κ2) is 15.7. The van der Waals surface area contributed by atoms with Gasteiger partial charge in [0.2, 0.25) is 0 Å². The molecular formula is CoN3O6. The van der Waals surface area contributed by atoms with E-state index in [0.717, 1.165) is 0 Å². The molecule has 4 radical (unpaired) electrons. The van der Waals surface area contributed by atoms with E-state index in [2.05, 4.69) is 0 Å². The summed E-state index contributed by atoms with van der Waals surface area (Å²) in [5, 5.41) is 29.5. The van der Waals surface area contributed by atoms with Gasteiger partial charge in [-0.1, -0.05) is 0 Å². The summed E-state index contributed by atoms with van der Waals surface area (Å²) in [6.45, 7) is 0. The Labute approximate surface area is 64.6 Å². The van der Waals surface area contributed by atoms with Gasteiger partial charge in [-0.2, -0.15) is 0 Å². The van der Waals surface area contributed by atoms with E-state index in [4.69, 9.17) is 30.6 Å². The minimum Gasteiger partial charge on any atom is -0.356 e. The monoisotopic (exact) mass is 197 g/mol. The predicted molar refractivity (Wildman–Crippen MR) is 22.9 cm³/mol. The molecule has 0 spiro atoms. The van der Waals surface area contributed by atoms with E-state index >= 15 is 0 Å². The van der Waals surface area contributed by atoms with Crippen molar-refractivity contribution in [3.8, 4) is 0 Å². The molecule has 0 N–H and O–H groups in total. The Hall–Kier alpha value is -1.13. The number of nitrogens with zero attached hydrogens (tertiary/aromatic N) is 3. The second-order valence-corrected chi connectivity index (χ2v) is 0.447. The zero-order chi connectivity index (χ0) is 7.15. The molecule has 0 amide bonds. The molecule has 0 saturated heterocycles. The van der Waals surface area contributed by atoms with Gasteiger partial charge >= 0.3 is 16.8 Å². The van der Waals surface area contributed by atoms with Crippen LogP contribution in [0.15, 0.2) is 0 Å². The summed E-state index contributed by atoms with van der Waals surface area (Å²) in [6.07, 6.45) is 0. The second-order valence-electron chi connectivity index (χ2n) is 0.447. The first-order chi connectivity index (χ1) is 3.46. The zero-order valence-corrected chi connectivity index (χ0v) is 5.17. The third-order valence-corrected chi connectivity index (χ3v) is 0. The van der Waals surface area contributed by atoms with Crippen molar-refractivity contribution in [3.63, 3.8) is 0 Å². The summed E-state index contributed by atoms with van der Waals surface area (Å²) >= 11 is 0. The van der Waals surface area contributed by atoms with Crippen molar-refractivity contribution in [1.82, 2.24) is 6.15 Å². The van der Waals surface area contributed by atoms with Gasteiger partial charge in [-0.15, -0.1) is 0 Å². The summed E-state index contributed by atoms with van der Waals surface area (Å²) in [5.41, 5.74) is 0.